The van der Waals surface area contributed by atoms with Crippen molar-refractivity contribution in [2.24, 2.45) is 0 Å². The molecule has 22 heavy (non-hydrogen) atoms. The number of hydrogen-bond donors (Lipinski definition) is 2. The maximum absolute atomic E-state index is 12.2. The van der Waals surface area contributed by atoms with E-state index in [0.29, 0.717) is 6.42 Å². The van der Waals surface area contributed by atoms with E-state index in [4.69, 9.17) is 10.5 Å². The highest BCUT2D eigenvalue weighted by molar-refractivity contribution is 5.85. The molecule has 1 amide bonds. The molecule has 1 aliphatic heterocycles. The van der Waals surface area contributed by atoms with Crippen LogP contribution in [0.15, 0.2) is 18.2 Å². The lowest BCUT2D eigenvalue weighted by Crippen LogP contribution is -2.31. The monoisotopic (exact) mass is 324 g/mol. The van der Waals surface area contributed by atoms with Gasteiger partial charge in [-0.15, -0.1) is 12.4 Å². The largest absolute Gasteiger partial charge is 0.399 e. The molecule has 1 aromatic rings. The fourth-order valence-electron chi connectivity index (χ4n) is 3.41. The van der Waals surface area contributed by atoms with Gasteiger partial charge < -0.3 is 15.8 Å². The standard InChI is InChI=1S/C17H24N2O2.ClH/c18-13-6-8-15-12(11-13)3-1-5-16(15)19-17(20)9-7-14-4-2-10-21-14;/h6,8,11,14,16H,1-5,7,9-10,18H2,(H,19,20);1H. The zero-order valence-electron chi connectivity index (χ0n) is 12.8. The van der Waals surface area contributed by atoms with Gasteiger partial charge in [-0.25, -0.2) is 0 Å². The maximum atomic E-state index is 12.2. The second kappa shape index (κ2) is 7.84. The number of carbonyl (C=O) groups is 1. The molecule has 1 aromatic carbocycles. The van der Waals surface area contributed by atoms with Crippen molar-refractivity contribution in [1.82, 2.24) is 5.32 Å². The molecule has 122 valence electrons. The summed E-state index contributed by atoms with van der Waals surface area (Å²) in [6.07, 6.45) is 7.09. The third-order valence-corrected chi connectivity index (χ3v) is 4.53. The second-order valence-electron chi connectivity index (χ2n) is 6.14. The molecule has 0 radical (unpaired) electrons. The van der Waals surface area contributed by atoms with Crippen LogP contribution < -0.4 is 11.1 Å². The van der Waals surface area contributed by atoms with Crippen molar-refractivity contribution in [3.05, 3.63) is 29.3 Å². The first-order valence-electron chi connectivity index (χ1n) is 8.01. The van der Waals surface area contributed by atoms with E-state index in [9.17, 15) is 4.79 Å². The molecule has 1 heterocycles. The lowest BCUT2D eigenvalue weighted by molar-refractivity contribution is -0.122. The zero-order chi connectivity index (χ0) is 14.7. The van der Waals surface area contributed by atoms with Crippen molar-refractivity contribution >= 4 is 24.0 Å². The van der Waals surface area contributed by atoms with E-state index in [1.54, 1.807) is 0 Å². The van der Waals surface area contributed by atoms with E-state index < -0.39 is 0 Å². The van der Waals surface area contributed by atoms with Crippen LogP contribution in [0.2, 0.25) is 0 Å². The van der Waals surface area contributed by atoms with Gasteiger partial charge in [0, 0.05) is 18.7 Å². The summed E-state index contributed by atoms with van der Waals surface area (Å²) in [5, 5.41) is 3.18. The van der Waals surface area contributed by atoms with Crippen LogP contribution in [-0.2, 0) is 16.0 Å². The number of nitrogen functional groups attached to an aromatic ring is 1. The molecule has 3 N–H and O–H groups in total. The third kappa shape index (κ3) is 4.14. The third-order valence-electron chi connectivity index (χ3n) is 4.53. The van der Waals surface area contributed by atoms with Crippen molar-refractivity contribution in [2.75, 3.05) is 12.3 Å². The number of nitrogens with two attached hydrogens (primary N) is 1. The molecule has 5 heteroatoms. The predicted octanol–water partition coefficient (Wildman–Crippen LogP) is 3.14. The molecule has 1 saturated heterocycles. The fourth-order valence-corrected chi connectivity index (χ4v) is 3.41. The molecule has 1 fully saturated rings. The van der Waals surface area contributed by atoms with Gasteiger partial charge in [-0.1, -0.05) is 6.07 Å². The normalized spacial score (nSPS) is 23.5. The van der Waals surface area contributed by atoms with E-state index in [-0.39, 0.29) is 30.5 Å². The summed E-state index contributed by atoms with van der Waals surface area (Å²) >= 11 is 0. The van der Waals surface area contributed by atoms with E-state index in [2.05, 4.69) is 11.4 Å². The summed E-state index contributed by atoms with van der Waals surface area (Å²) in [5.74, 6) is 0.139. The smallest absolute Gasteiger partial charge is 0.220 e. The maximum Gasteiger partial charge on any atom is 0.220 e. The number of fused-ring (bicyclic) bond motifs is 1. The molecule has 2 atom stereocenters. The first-order valence-corrected chi connectivity index (χ1v) is 8.01. The second-order valence-corrected chi connectivity index (χ2v) is 6.14. The van der Waals surface area contributed by atoms with Crippen LogP contribution in [0.3, 0.4) is 0 Å². The predicted molar refractivity (Wildman–Crippen MR) is 90.1 cm³/mol. The Bertz CT molecular complexity index is 515. The molecular weight excluding hydrogens is 300 g/mol. The van der Waals surface area contributed by atoms with E-state index >= 15 is 0 Å². The van der Waals surface area contributed by atoms with Crippen molar-refractivity contribution in [1.29, 1.82) is 0 Å². The van der Waals surface area contributed by atoms with Gasteiger partial charge in [0.15, 0.2) is 0 Å². The molecule has 2 aliphatic rings. The molecule has 0 spiro atoms. The number of amides is 1. The van der Waals surface area contributed by atoms with Crippen LogP contribution in [0.4, 0.5) is 5.69 Å². The Labute approximate surface area is 138 Å². The Kier molecular flexibility index (Phi) is 6.09. The quantitative estimate of drug-likeness (QED) is 0.836. The number of rotatable bonds is 4. The van der Waals surface area contributed by atoms with Crippen molar-refractivity contribution in [2.45, 2.75) is 57.1 Å². The van der Waals surface area contributed by atoms with Gasteiger partial charge in [0.2, 0.25) is 5.91 Å². The number of nitrogens with one attached hydrogen (secondary N) is 1. The Hall–Kier alpha value is -1.26. The SMILES string of the molecule is Cl.Nc1ccc2c(c1)CCCC2NC(=O)CCC1CCCO1. The van der Waals surface area contributed by atoms with Crippen LogP contribution in [-0.4, -0.2) is 18.6 Å². The number of anilines is 1. The molecule has 0 saturated carbocycles. The van der Waals surface area contributed by atoms with Crippen molar-refractivity contribution in [3.8, 4) is 0 Å². The van der Waals surface area contributed by atoms with Gasteiger partial charge in [-0.3, -0.25) is 4.79 Å². The molecular formula is C17H25ClN2O2. The van der Waals surface area contributed by atoms with Gasteiger partial charge in [-0.2, -0.15) is 0 Å². The highest BCUT2D eigenvalue weighted by Gasteiger charge is 2.23. The van der Waals surface area contributed by atoms with Gasteiger partial charge in [-0.05, 0) is 61.8 Å². The van der Waals surface area contributed by atoms with Crippen molar-refractivity contribution in [3.63, 3.8) is 0 Å². The number of benzene rings is 1. The molecule has 2 unspecified atom stereocenters. The molecule has 4 nitrogen and oxygen atoms in total. The summed E-state index contributed by atoms with van der Waals surface area (Å²) in [7, 11) is 0. The lowest BCUT2D eigenvalue weighted by Gasteiger charge is -2.27. The van der Waals surface area contributed by atoms with Gasteiger partial charge in [0.25, 0.3) is 0 Å². The fraction of sp³-hybridized carbons (Fsp3) is 0.588. The topological polar surface area (TPSA) is 64.3 Å². The van der Waals surface area contributed by atoms with E-state index in [1.807, 2.05) is 12.1 Å². The Morgan fingerprint density at radius 3 is 2.95 bits per heavy atom. The highest BCUT2D eigenvalue weighted by Crippen LogP contribution is 2.31. The van der Waals surface area contributed by atoms with Gasteiger partial charge in [0.1, 0.15) is 0 Å². The Morgan fingerprint density at radius 2 is 2.18 bits per heavy atom. The summed E-state index contributed by atoms with van der Waals surface area (Å²) in [5.41, 5.74) is 9.17. The summed E-state index contributed by atoms with van der Waals surface area (Å²) < 4.78 is 5.57. The Balaban J connectivity index is 0.00000176. The number of halogens is 1. The van der Waals surface area contributed by atoms with Crippen LogP contribution in [0.1, 0.15) is 55.7 Å². The minimum absolute atomic E-state index is 0. The van der Waals surface area contributed by atoms with Crippen LogP contribution in [0.5, 0.6) is 0 Å². The van der Waals surface area contributed by atoms with Crippen LogP contribution in [0, 0.1) is 0 Å². The van der Waals surface area contributed by atoms with Crippen molar-refractivity contribution < 1.29 is 9.53 Å². The Morgan fingerprint density at radius 1 is 1.32 bits per heavy atom. The molecule has 0 bridgehead atoms. The lowest BCUT2D eigenvalue weighted by atomic mass is 9.87. The van der Waals surface area contributed by atoms with Gasteiger partial charge in [0.05, 0.1) is 12.1 Å². The molecule has 1 aliphatic carbocycles. The summed E-state index contributed by atoms with van der Waals surface area (Å²) in [4.78, 5) is 12.2. The average Bonchev–Trinajstić information content (AvgIpc) is 2.98. The zero-order valence-corrected chi connectivity index (χ0v) is 13.7. The summed E-state index contributed by atoms with van der Waals surface area (Å²) in [6.45, 7) is 0.851. The average molecular weight is 325 g/mol. The highest BCUT2D eigenvalue weighted by atomic mass is 35.5. The summed E-state index contributed by atoms with van der Waals surface area (Å²) in [6, 6.07) is 6.18. The number of ether oxygens (including phenoxy) is 1. The molecule has 0 aromatic heterocycles. The number of hydrogen-bond acceptors (Lipinski definition) is 3. The van der Waals surface area contributed by atoms with Crippen LogP contribution >= 0.6 is 12.4 Å². The van der Waals surface area contributed by atoms with Gasteiger partial charge >= 0.3 is 0 Å². The minimum atomic E-state index is 0. The first kappa shape index (κ1) is 17.1. The minimum Gasteiger partial charge on any atom is -0.399 e. The first-order chi connectivity index (χ1) is 10.2. The molecule has 3 rings (SSSR count). The number of carbonyl (C=O) groups excluding carboxylic acids is 1. The van der Waals surface area contributed by atoms with E-state index in [1.165, 1.54) is 11.1 Å². The van der Waals surface area contributed by atoms with E-state index in [0.717, 1.165) is 50.8 Å². The van der Waals surface area contributed by atoms with Crippen LogP contribution in [0.25, 0.3) is 0 Å². The number of aryl methyl sites for hydroxylation is 1.